The Bertz CT molecular complexity index is 680. The van der Waals surface area contributed by atoms with Crippen LogP contribution >= 0.6 is 0 Å². The van der Waals surface area contributed by atoms with Gasteiger partial charge in [0.05, 0.1) is 0 Å². The minimum atomic E-state index is 0.532. The van der Waals surface area contributed by atoms with E-state index >= 15 is 0 Å². The molecule has 0 aromatic heterocycles. The molecular weight excluding hydrogens is 342 g/mol. The lowest BCUT2D eigenvalue weighted by molar-refractivity contribution is 0.399. The molecule has 0 heterocycles. The summed E-state index contributed by atoms with van der Waals surface area (Å²) in [7, 11) is 1.00. The molecule has 156 valence electrons. The van der Waals surface area contributed by atoms with Gasteiger partial charge < -0.3 is 10.8 Å². The fraction of sp³-hybridized carbons (Fsp3) is 0.538. The molecule has 0 radical (unpaired) electrons. The first kappa shape index (κ1) is 24.4. The summed E-state index contributed by atoms with van der Waals surface area (Å²) in [5.41, 5.74) is 13.5. The minimum absolute atomic E-state index is 0.532. The third-order valence-electron chi connectivity index (χ3n) is 5.72. The summed E-state index contributed by atoms with van der Waals surface area (Å²) >= 11 is 0. The average Bonchev–Trinajstić information content (AvgIpc) is 2.76. The van der Waals surface area contributed by atoms with E-state index in [-0.39, 0.29) is 0 Å². The van der Waals surface area contributed by atoms with Crippen molar-refractivity contribution in [1.82, 2.24) is 0 Å². The summed E-state index contributed by atoms with van der Waals surface area (Å²) < 4.78 is 0. The van der Waals surface area contributed by atoms with E-state index in [1.54, 1.807) is 11.1 Å². The Morgan fingerprint density at radius 3 is 2.43 bits per heavy atom. The number of nitrogens with two attached hydrogens (primary N) is 1. The van der Waals surface area contributed by atoms with E-state index in [9.17, 15) is 0 Å². The molecular formula is C26H41NO. The van der Waals surface area contributed by atoms with E-state index in [2.05, 4.69) is 56.3 Å². The molecule has 0 saturated carbocycles. The highest BCUT2D eigenvalue weighted by Gasteiger charge is 2.21. The third-order valence-corrected chi connectivity index (χ3v) is 5.72. The summed E-state index contributed by atoms with van der Waals surface area (Å²) in [6.45, 7) is 9.25. The van der Waals surface area contributed by atoms with Crippen LogP contribution in [0.2, 0.25) is 0 Å². The Morgan fingerprint density at radius 1 is 1.07 bits per heavy atom. The molecule has 2 unspecified atom stereocenters. The first-order valence-electron chi connectivity index (χ1n) is 11.0. The van der Waals surface area contributed by atoms with Crippen molar-refractivity contribution in [3.63, 3.8) is 0 Å². The van der Waals surface area contributed by atoms with Crippen molar-refractivity contribution >= 4 is 0 Å². The maximum absolute atomic E-state index is 7.00. The summed E-state index contributed by atoms with van der Waals surface area (Å²) in [5.74, 6) is 1.32. The van der Waals surface area contributed by atoms with Crippen LogP contribution in [0.4, 0.5) is 0 Å². The summed E-state index contributed by atoms with van der Waals surface area (Å²) in [6.07, 6.45) is 7.39. The maximum Gasteiger partial charge on any atom is 0.0319 e. The van der Waals surface area contributed by atoms with Crippen molar-refractivity contribution in [2.45, 2.75) is 72.1 Å². The second-order valence-corrected chi connectivity index (χ2v) is 7.49. The smallest absolute Gasteiger partial charge is 0.0319 e. The van der Waals surface area contributed by atoms with Gasteiger partial charge in [-0.15, -0.1) is 0 Å². The zero-order chi connectivity index (χ0) is 20.9. The molecule has 2 heteroatoms. The normalized spacial score (nSPS) is 16.0. The van der Waals surface area contributed by atoms with Gasteiger partial charge in [-0.05, 0) is 85.2 Å². The summed E-state index contributed by atoms with van der Waals surface area (Å²) in [4.78, 5) is 0. The first-order valence-corrected chi connectivity index (χ1v) is 11.0. The highest BCUT2D eigenvalue weighted by molar-refractivity contribution is 5.36. The maximum atomic E-state index is 7.00. The Labute approximate surface area is 173 Å². The Morgan fingerprint density at radius 2 is 1.79 bits per heavy atom. The second kappa shape index (κ2) is 13.5. The van der Waals surface area contributed by atoms with E-state index in [1.165, 1.54) is 55.2 Å². The van der Waals surface area contributed by atoms with Gasteiger partial charge in [0.25, 0.3) is 0 Å². The number of aliphatic hydroxyl groups is 1. The molecule has 2 atom stereocenters. The molecule has 0 spiro atoms. The average molecular weight is 384 g/mol. The SMILES string of the molecule is CC.CCCC(CN)c1ccc2c(c1)CCC(Cc1ccccc1C)C2.CO. The minimum Gasteiger partial charge on any atom is -0.400 e. The van der Waals surface area contributed by atoms with Gasteiger partial charge in [0.2, 0.25) is 0 Å². The molecule has 0 amide bonds. The lowest BCUT2D eigenvalue weighted by Gasteiger charge is -2.27. The van der Waals surface area contributed by atoms with Crippen LogP contribution in [0.1, 0.15) is 73.8 Å². The number of fused-ring (bicyclic) bond motifs is 1. The van der Waals surface area contributed by atoms with Gasteiger partial charge in [0, 0.05) is 7.11 Å². The van der Waals surface area contributed by atoms with Gasteiger partial charge in [-0.2, -0.15) is 0 Å². The van der Waals surface area contributed by atoms with Crippen LogP contribution in [0.25, 0.3) is 0 Å². The third kappa shape index (κ3) is 6.76. The largest absolute Gasteiger partial charge is 0.400 e. The standard InChI is InChI=1S/C23H31N.C2H6.CH4O/c1-3-6-23(16-24)22-12-11-20-14-18(9-10-21(20)15-22)13-19-8-5-4-7-17(19)2;2*1-2/h4-5,7-8,11-12,15,18,23H,3,6,9-10,13-14,16,24H2,1-2H3;1-2H3;2H,1H3. The molecule has 0 aliphatic heterocycles. The number of hydrogen-bond donors (Lipinski definition) is 2. The Kier molecular flexibility index (Phi) is 11.8. The Hall–Kier alpha value is -1.64. The van der Waals surface area contributed by atoms with Crippen LogP contribution in [-0.2, 0) is 19.3 Å². The highest BCUT2D eigenvalue weighted by Crippen LogP contribution is 2.31. The zero-order valence-electron chi connectivity index (χ0n) is 18.7. The lowest BCUT2D eigenvalue weighted by Crippen LogP contribution is -2.18. The van der Waals surface area contributed by atoms with Crippen molar-refractivity contribution in [3.8, 4) is 0 Å². The second-order valence-electron chi connectivity index (χ2n) is 7.49. The van der Waals surface area contributed by atoms with Crippen molar-refractivity contribution in [2.24, 2.45) is 11.7 Å². The van der Waals surface area contributed by atoms with Crippen molar-refractivity contribution in [1.29, 1.82) is 0 Å². The van der Waals surface area contributed by atoms with E-state index in [4.69, 9.17) is 10.8 Å². The van der Waals surface area contributed by atoms with E-state index in [0.29, 0.717) is 5.92 Å². The number of benzene rings is 2. The van der Waals surface area contributed by atoms with Crippen LogP contribution in [0.5, 0.6) is 0 Å². The molecule has 3 N–H and O–H groups in total. The van der Waals surface area contributed by atoms with Crippen molar-refractivity contribution < 1.29 is 5.11 Å². The number of aryl methyl sites for hydroxylation is 2. The van der Waals surface area contributed by atoms with Crippen molar-refractivity contribution in [2.75, 3.05) is 13.7 Å². The molecule has 1 aliphatic rings. The number of rotatable bonds is 6. The quantitative estimate of drug-likeness (QED) is 0.660. The zero-order valence-corrected chi connectivity index (χ0v) is 18.7. The molecule has 0 fully saturated rings. The summed E-state index contributed by atoms with van der Waals surface area (Å²) in [6, 6.07) is 16.0. The van der Waals surface area contributed by atoms with Crippen LogP contribution in [0.15, 0.2) is 42.5 Å². The van der Waals surface area contributed by atoms with Gasteiger partial charge in [-0.3, -0.25) is 0 Å². The van der Waals surface area contributed by atoms with Gasteiger partial charge in [0.15, 0.2) is 0 Å². The van der Waals surface area contributed by atoms with Crippen LogP contribution in [0, 0.1) is 12.8 Å². The fourth-order valence-corrected chi connectivity index (χ4v) is 4.20. The number of hydrogen-bond acceptors (Lipinski definition) is 2. The molecule has 1 aliphatic carbocycles. The number of aliphatic hydroxyl groups excluding tert-OH is 1. The molecule has 2 aromatic rings. The molecule has 3 rings (SSSR count). The van der Waals surface area contributed by atoms with E-state index in [1.807, 2.05) is 13.8 Å². The first-order chi connectivity index (χ1) is 13.7. The molecule has 2 nitrogen and oxygen atoms in total. The predicted molar refractivity (Wildman–Crippen MR) is 123 cm³/mol. The van der Waals surface area contributed by atoms with Crippen LogP contribution in [-0.4, -0.2) is 18.8 Å². The Balaban J connectivity index is 0.000000921. The monoisotopic (exact) mass is 383 g/mol. The molecule has 0 bridgehead atoms. The predicted octanol–water partition coefficient (Wildman–Crippen LogP) is 5.82. The van der Waals surface area contributed by atoms with Gasteiger partial charge in [0.1, 0.15) is 0 Å². The van der Waals surface area contributed by atoms with Crippen molar-refractivity contribution in [3.05, 3.63) is 70.3 Å². The molecule has 0 saturated heterocycles. The van der Waals surface area contributed by atoms with Crippen LogP contribution in [0.3, 0.4) is 0 Å². The fourth-order valence-electron chi connectivity index (χ4n) is 4.20. The lowest BCUT2D eigenvalue weighted by atomic mass is 9.79. The topological polar surface area (TPSA) is 46.2 Å². The highest BCUT2D eigenvalue weighted by atomic mass is 16.2. The van der Waals surface area contributed by atoms with Gasteiger partial charge in [-0.25, -0.2) is 0 Å². The van der Waals surface area contributed by atoms with E-state index < -0.39 is 0 Å². The molecule has 28 heavy (non-hydrogen) atoms. The van der Waals surface area contributed by atoms with Crippen LogP contribution < -0.4 is 5.73 Å². The molecule has 2 aromatic carbocycles. The van der Waals surface area contributed by atoms with Gasteiger partial charge in [-0.1, -0.05) is 69.7 Å². The van der Waals surface area contributed by atoms with E-state index in [0.717, 1.165) is 19.6 Å². The van der Waals surface area contributed by atoms with Gasteiger partial charge >= 0.3 is 0 Å². The summed E-state index contributed by atoms with van der Waals surface area (Å²) in [5, 5.41) is 7.00.